The van der Waals surface area contributed by atoms with Crippen molar-refractivity contribution in [3.8, 4) is 0 Å². The number of nitrogens with zero attached hydrogens (tertiary/aromatic N) is 3. The lowest BCUT2D eigenvalue weighted by Gasteiger charge is -2.32. The highest BCUT2D eigenvalue weighted by atomic mass is 32.2. The van der Waals surface area contributed by atoms with Crippen LogP contribution in [0.2, 0.25) is 0 Å². The maximum absolute atomic E-state index is 13.3. The maximum atomic E-state index is 13.3. The van der Waals surface area contributed by atoms with E-state index >= 15 is 0 Å². The maximum Gasteiger partial charge on any atom is 0.254 e. The van der Waals surface area contributed by atoms with Crippen LogP contribution in [0.25, 0.3) is 0 Å². The van der Waals surface area contributed by atoms with E-state index in [0.717, 1.165) is 23.4 Å². The van der Waals surface area contributed by atoms with Gasteiger partial charge < -0.3 is 9.64 Å². The molecule has 4 rings (SSSR count). The largest absolute Gasteiger partial charge is 0.379 e. The minimum absolute atomic E-state index is 0.109. The molecule has 1 aromatic carbocycles. The van der Waals surface area contributed by atoms with Gasteiger partial charge in [0.15, 0.2) is 0 Å². The Morgan fingerprint density at radius 1 is 1.24 bits per heavy atom. The molecule has 7 nitrogen and oxygen atoms in total. The van der Waals surface area contributed by atoms with Crippen molar-refractivity contribution in [1.29, 1.82) is 0 Å². The number of benzene rings is 1. The molecule has 1 amide bonds. The third-order valence-corrected chi connectivity index (χ3v) is 8.39. The SMILES string of the molecule is Cc1ccc(S(=O)(=O)N2CCOCC2)cc1C(=O)N1CCCC(c2nccs2)C1. The molecular weight excluding hydrogens is 410 g/mol. The molecule has 3 heterocycles. The number of thiazole rings is 1. The number of rotatable bonds is 4. The molecule has 9 heteroatoms. The Labute approximate surface area is 175 Å². The van der Waals surface area contributed by atoms with Crippen molar-refractivity contribution in [2.45, 2.75) is 30.6 Å². The van der Waals surface area contributed by atoms with E-state index in [4.69, 9.17) is 4.74 Å². The van der Waals surface area contributed by atoms with Crippen LogP contribution in [0.15, 0.2) is 34.7 Å². The molecule has 0 radical (unpaired) electrons. The Morgan fingerprint density at radius 2 is 2.03 bits per heavy atom. The molecule has 1 aromatic heterocycles. The van der Waals surface area contributed by atoms with Gasteiger partial charge >= 0.3 is 0 Å². The van der Waals surface area contributed by atoms with Crippen molar-refractivity contribution in [3.05, 3.63) is 45.9 Å². The van der Waals surface area contributed by atoms with Crippen LogP contribution < -0.4 is 0 Å². The zero-order valence-electron chi connectivity index (χ0n) is 16.4. The van der Waals surface area contributed by atoms with Crippen molar-refractivity contribution in [2.24, 2.45) is 0 Å². The number of aromatic nitrogens is 1. The molecule has 2 aliphatic rings. The summed E-state index contributed by atoms with van der Waals surface area (Å²) in [4.78, 5) is 19.7. The summed E-state index contributed by atoms with van der Waals surface area (Å²) in [6, 6.07) is 4.85. The van der Waals surface area contributed by atoms with Gasteiger partial charge in [0.05, 0.1) is 23.1 Å². The highest BCUT2D eigenvalue weighted by Crippen LogP contribution is 2.30. The van der Waals surface area contributed by atoms with Crippen LogP contribution in [0.5, 0.6) is 0 Å². The first-order valence-electron chi connectivity index (χ1n) is 9.84. The van der Waals surface area contributed by atoms with Gasteiger partial charge in [-0.1, -0.05) is 6.07 Å². The Kier molecular flexibility index (Phi) is 6.00. The quantitative estimate of drug-likeness (QED) is 0.737. The van der Waals surface area contributed by atoms with Crippen molar-refractivity contribution in [1.82, 2.24) is 14.2 Å². The van der Waals surface area contributed by atoms with Crippen LogP contribution in [0.3, 0.4) is 0 Å². The standard InChI is InChI=1S/C20H25N3O4S2/c1-15-4-5-17(29(25,26)23-8-10-27-11-9-23)13-18(15)20(24)22-7-2-3-16(14-22)19-21-6-12-28-19/h4-6,12-13,16H,2-3,7-11,14H2,1H3. The van der Waals surface area contributed by atoms with Crippen LogP contribution in [0.1, 0.15) is 39.7 Å². The number of aryl methyl sites for hydroxylation is 1. The molecule has 1 atom stereocenters. The van der Waals surface area contributed by atoms with E-state index in [1.54, 1.807) is 29.7 Å². The van der Waals surface area contributed by atoms with Crippen molar-refractivity contribution in [3.63, 3.8) is 0 Å². The first-order chi connectivity index (χ1) is 14.0. The number of amides is 1. The number of piperidine rings is 1. The van der Waals surface area contributed by atoms with Gasteiger partial charge in [-0.2, -0.15) is 4.31 Å². The molecule has 2 saturated heterocycles. The number of ether oxygens (including phenoxy) is 1. The number of sulfonamides is 1. The first kappa shape index (κ1) is 20.5. The smallest absolute Gasteiger partial charge is 0.254 e. The lowest BCUT2D eigenvalue weighted by Crippen LogP contribution is -2.41. The number of hydrogen-bond donors (Lipinski definition) is 0. The summed E-state index contributed by atoms with van der Waals surface area (Å²) in [5.74, 6) is 0.135. The Morgan fingerprint density at radius 3 is 2.76 bits per heavy atom. The van der Waals surface area contributed by atoms with Crippen molar-refractivity contribution in [2.75, 3.05) is 39.4 Å². The minimum atomic E-state index is -3.64. The van der Waals surface area contributed by atoms with Gasteiger partial charge in [-0.05, 0) is 37.5 Å². The summed E-state index contributed by atoms with van der Waals surface area (Å²) in [6.07, 6.45) is 3.73. The van der Waals surface area contributed by atoms with Gasteiger partial charge in [-0.3, -0.25) is 4.79 Å². The van der Waals surface area contributed by atoms with Crippen LogP contribution in [-0.2, 0) is 14.8 Å². The Hall–Kier alpha value is -1.81. The normalized spacial score (nSPS) is 21.3. The summed E-state index contributed by atoms with van der Waals surface area (Å²) in [5, 5.41) is 3.02. The van der Waals surface area contributed by atoms with Crippen LogP contribution >= 0.6 is 11.3 Å². The molecule has 156 valence electrons. The second-order valence-electron chi connectivity index (χ2n) is 7.45. The molecule has 1 unspecified atom stereocenters. The lowest BCUT2D eigenvalue weighted by molar-refractivity contribution is 0.0705. The van der Waals surface area contributed by atoms with E-state index in [2.05, 4.69) is 4.98 Å². The predicted molar refractivity (Wildman–Crippen MR) is 111 cm³/mol. The number of carbonyl (C=O) groups excluding carboxylic acids is 1. The predicted octanol–water partition coefficient (Wildman–Crippen LogP) is 2.49. The van der Waals surface area contributed by atoms with E-state index in [0.29, 0.717) is 45.0 Å². The summed E-state index contributed by atoms with van der Waals surface area (Å²) < 4.78 is 32.7. The summed E-state index contributed by atoms with van der Waals surface area (Å²) >= 11 is 1.62. The highest BCUT2D eigenvalue weighted by molar-refractivity contribution is 7.89. The van der Waals surface area contributed by atoms with Gasteiger partial charge in [-0.15, -0.1) is 11.3 Å². The second kappa shape index (κ2) is 8.51. The molecule has 0 saturated carbocycles. The van der Waals surface area contributed by atoms with Crippen LogP contribution in [-0.4, -0.2) is 67.9 Å². The summed E-state index contributed by atoms with van der Waals surface area (Å²) in [7, 11) is -3.64. The second-order valence-corrected chi connectivity index (χ2v) is 10.3. The van der Waals surface area contributed by atoms with Gasteiger partial charge in [0.25, 0.3) is 5.91 Å². The minimum Gasteiger partial charge on any atom is -0.379 e. The third-order valence-electron chi connectivity index (χ3n) is 5.56. The molecular formula is C20H25N3O4S2. The molecule has 0 bridgehead atoms. The zero-order chi connectivity index (χ0) is 20.4. The molecule has 0 aliphatic carbocycles. The van der Waals surface area contributed by atoms with E-state index in [1.165, 1.54) is 10.4 Å². The molecule has 2 fully saturated rings. The molecule has 29 heavy (non-hydrogen) atoms. The third kappa shape index (κ3) is 4.23. The number of carbonyl (C=O) groups is 1. The number of hydrogen-bond acceptors (Lipinski definition) is 6. The fourth-order valence-electron chi connectivity index (χ4n) is 3.90. The molecule has 2 aliphatic heterocycles. The van der Waals surface area contributed by atoms with Crippen LogP contribution in [0, 0.1) is 6.92 Å². The fraction of sp³-hybridized carbons (Fsp3) is 0.500. The number of likely N-dealkylation sites (tertiary alicyclic amines) is 1. The molecule has 2 aromatic rings. The van der Waals surface area contributed by atoms with E-state index in [1.807, 2.05) is 17.2 Å². The van der Waals surface area contributed by atoms with Crippen LogP contribution in [0.4, 0.5) is 0 Å². The molecule has 0 N–H and O–H groups in total. The average Bonchev–Trinajstić information content (AvgIpc) is 3.29. The van der Waals surface area contributed by atoms with Crippen molar-refractivity contribution >= 4 is 27.3 Å². The van der Waals surface area contributed by atoms with Gasteiger partial charge in [0, 0.05) is 49.2 Å². The van der Waals surface area contributed by atoms with E-state index in [-0.39, 0.29) is 16.7 Å². The Bertz CT molecular complexity index is 970. The van der Waals surface area contributed by atoms with Gasteiger partial charge in [0.1, 0.15) is 0 Å². The highest BCUT2D eigenvalue weighted by Gasteiger charge is 2.30. The average molecular weight is 436 g/mol. The number of morpholine rings is 1. The van der Waals surface area contributed by atoms with Crippen molar-refractivity contribution < 1.29 is 17.9 Å². The van der Waals surface area contributed by atoms with E-state index < -0.39 is 10.0 Å². The molecule has 0 spiro atoms. The first-order valence-corrected chi connectivity index (χ1v) is 12.2. The summed E-state index contributed by atoms with van der Waals surface area (Å²) in [6.45, 7) is 4.60. The van der Waals surface area contributed by atoms with Gasteiger partial charge in [0.2, 0.25) is 10.0 Å². The topological polar surface area (TPSA) is 79.8 Å². The lowest BCUT2D eigenvalue weighted by atomic mass is 9.97. The zero-order valence-corrected chi connectivity index (χ0v) is 18.0. The van der Waals surface area contributed by atoms with E-state index in [9.17, 15) is 13.2 Å². The Balaban J connectivity index is 1.58. The summed E-state index contributed by atoms with van der Waals surface area (Å²) in [5.41, 5.74) is 1.24. The monoisotopic (exact) mass is 435 g/mol. The fourth-order valence-corrected chi connectivity index (χ4v) is 6.10. The van der Waals surface area contributed by atoms with Gasteiger partial charge in [-0.25, -0.2) is 13.4 Å².